The van der Waals surface area contributed by atoms with Gasteiger partial charge in [0.05, 0.1) is 0 Å². The van der Waals surface area contributed by atoms with Gasteiger partial charge in [0.15, 0.2) is 0 Å². The minimum absolute atomic E-state index is 0.181. The summed E-state index contributed by atoms with van der Waals surface area (Å²) in [6, 6.07) is 15.0. The van der Waals surface area contributed by atoms with Crippen molar-refractivity contribution >= 4 is 0 Å². The summed E-state index contributed by atoms with van der Waals surface area (Å²) in [5.41, 5.74) is 8.90. The van der Waals surface area contributed by atoms with Gasteiger partial charge in [-0.05, 0) is 36.1 Å². The molecular formula is C18H20FN. The van der Waals surface area contributed by atoms with E-state index in [1.54, 1.807) is 6.07 Å². The van der Waals surface area contributed by atoms with E-state index < -0.39 is 0 Å². The Morgan fingerprint density at radius 3 is 2.30 bits per heavy atom. The van der Waals surface area contributed by atoms with Crippen LogP contribution in [0, 0.1) is 5.82 Å². The third-order valence-electron chi connectivity index (χ3n) is 4.37. The third kappa shape index (κ3) is 2.48. The molecule has 2 aromatic carbocycles. The Kier molecular flexibility index (Phi) is 3.58. The van der Waals surface area contributed by atoms with Gasteiger partial charge in [-0.15, -0.1) is 0 Å². The highest BCUT2D eigenvalue weighted by Crippen LogP contribution is 2.36. The molecule has 20 heavy (non-hydrogen) atoms. The van der Waals surface area contributed by atoms with Crippen molar-refractivity contribution in [2.24, 2.45) is 5.73 Å². The molecule has 0 atom stereocenters. The smallest absolute Gasteiger partial charge is 0.131 e. The van der Waals surface area contributed by atoms with Gasteiger partial charge >= 0.3 is 0 Å². The number of benzene rings is 2. The molecular weight excluding hydrogens is 249 g/mol. The zero-order valence-electron chi connectivity index (χ0n) is 11.6. The summed E-state index contributed by atoms with van der Waals surface area (Å²) in [5, 5.41) is 0. The maximum Gasteiger partial charge on any atom is 0.131 e. The van der Waals surface area contributed by atoms with Gasteiger partial charge in [-0.25, -0.2) is 4.39 Å². The topological polar surface area (TPSA) is 26.0 Å². The lowest BCUT2D eigenvalue weighted by Crippen LogP contribution is -2.38. The fraction of sp³-hybridized carbons (Fsp3) is 0.333. The second-order valence-corrected chi connectivity index (χ2v) is 5.78. The largest absolute Gasteiger partial charge is 0.321 e. The Labute approximate surface area is 119 Å². The Hall–Kier alpha value is -1.67. The molecule has 2 heteroatoms. The lowest BCUT2D eigenvalue weighted by molar-refractivity contribution is 0.302. The monoisotopic (exact) mass is 269 g/mol. The average molecular weight is 269 g/mol. The van der Waals surface area contributed by atoms with Crippen molar-refractivity contribution in [1.29, 1.82) is 0 Å². The van der Waals surface area contributed by atoms with Crippen LogP contribution in [0.2, 0.25) is 0 Å². The van der Waals surface area contributed by atoms with Crippen molar-refractivity contribution < 1.29 is 4.39 Å². The highest BCUT2D eigenvalue weighted by molar-refractivity contribution is 5.65. The van der Waals surface area contributed by atoms with Crippen LogP contribution >= 0.6 is 0 Å². The van der Waals surface area contributed by atoms with Crippen molar-refractivity contribution in [2.75, 3.05) is 0 Å². The van der Waals surface area contributed by atoms with Gasteiger partial charge in [-0.1, -0.05) is 55.7 Å². The number of nitrogens with two attached hydrogens (primary N) is 1. The van der Waals surface area contributed by atoms with E-state index in [9.17, 15) is 4.39 Å². The van der Waals surface area contributed by atoms with E-state index in [0.29, 0.717) is 5.56 Å². The fourth-order valence-corrected chi connectivity index (χ4v) is 3.15. The van der Waals surface area contributed by atoms with Gasteiger partial charge in [0.25, 0.3) is 0 Å². The molecule has 3 rings (SSSR count). The number of hydrogen-bond donors (Lipinski definition) is 1. The summed E-state index contributed by atoms with van der Waals surface area (Å²) < 4.78 is 14.1. The maximum atomic E-state index is 14.1. The molecule has 1 aliphatic rings. The van der Waals surface area contributed by atoms with Crippen molar-refractivity contribution in [3.8, 4) is 11.1 Å². The van der Waals surface area contributed by atoms with E-state index in [1.807, 2.05) is 42.5 Å². The summed E-state index contributed by atoms with van der Waals surface area (Å²) in [5.74, 6) is -0.181. The number of hydrogen-bond acceptors (Lipinski definition) is 1. The number of rotatable bonds is 2. The molecule has 1 aliphatic carbocycles. The zero-order valence-corrected chi connectivity index (χ0v) is 11.6. The van der Waals surface area contributed by atoms with Crippen LogP contribution in [0.25, 0.3) is 11.1 Å². The first-order valence-corrected chi connectivity index (χ1v) is 7.33. The molecule has 0 unspecified atom stereocenters. The van der Waals surface area contributed by atoms with E-state index >= 15 is 0 Å². The Bertz CT molecular complexity index is 586. The molecule has 2 aromatic rings. The van der Waals surface area contributed by atoms with Gasteiger partial charge in [-0.3, -0.25) is 0 Å². The van der Waals surface area contributed by atoms with Crippen LogP contribution in [0.15, 0.2) is 48.5 Å². The third-order valence-corrected chi connectivity index (χ3v) is 4.37. The quantitative estimate of drug-likeness (QED) is 0.846. The van der Waals surface area contributed by atoms with Gasteiger partial charge in [0, 0.05) is 11.1 Å². The molecule has 0 saturated heterocycles. The SMILES string of the molecule is NC1(c2ccc(F)c(-c3ccccc3)c2)CCCCC1. The average Bonchev–Trinajstić information content (AvgIpc) is 2.49. The van der Waals surface area contributed by atoms with E-state index in [2.05, 4.69) is 0 Å². The second kappa shape index (κ2) is 5.37. The minimum atomic E-state index is -0.282. The molecule has 0 spiro atoms. The second-order valence-electron chi connectivity index (χ2n) is 5.78. The van der Waals surface area contributed by atoms with Crippen LogP contribution < -0.4 is 5.73 Å². The molecule has 1 fully saturated rings. The Morgan fingerprint density at radius 1 is 0.900 bits per heavy atom. The van der Waals surface area contributed by atoms with Crippen LogP contribution in [-0.4, -0.2) is 0 Å². The summed E-state index contributed by atoms with van der Waals surface area (Å²) in [6.07, 6.45) is 5.56. The molecule has 0 aliphatic heterocycles. The molecule has 0 heterocycles. The maximum absolute atomic E-state index is 14.1. The summed E-state index contributed by atoms with van der Waals surface area (Å²) in [4.78, 5) is 0. The molecule has 1 saturated carbocycles. The van der Waals surface area contributed by atoms with Crippen LogP contribution in [0.4, 0.5) is 4.39 Å². The standard InChI is InChI=1S/C18H20FN/c19-17-10-9-15(18(20)11-5-2-6-12-18)13-16(17)14-7-3-1-4-8-14/h1,3-4,7-10,13H,2,5-6,11-12,20H2. The molecule has 0 aromatic heterocycles. The summed E-state index contributed by atoms with van der Waals surface area (Å²) in [7, 11) is 0. The predicted octanol–water partition coefficient (Wildman–Crippen LogP) is 4.61. The fourth-order valence-electron chi connectivity index (χ4n) is 3.15. The van der Waals surface area contributed by atoms with Crippen molar-refractivity contribution in [1.82, 2.24) is 0 Å². The van der Waals surface area contributed by atoms with E-state index in [1.165, 1.54) is 6.42 Å². The Balaban J connectivity index is 2.02. The normalized spacial score (nSPS) is 17.9. The highest BCUT2D eigenvalue weighted by atomic mass is 19.1. The van der Waals surface area contributed by atoms with E-state index in [0.717, 1.165) is 36.8 Å². The summed E-state index contributed by atoms with van der Waals surface area (Å²) in [6.45, 7) is 0. The lowest BCUT2D eigenvalue weighted by Gasteiger charge is -2.34. The van der Waals surface area contributed by atoms with Crippen molar-refractivity contribution in [3.63, 3.8) is 0 Å². The molecule has 0 radical (unpaired) electrons. The first kappa shape index (κ1) is 13.3. The predicted molar refractivity (Wildman–Crippen MR) is 80.8 cm³/mol. The van der Waals surface area contributed by atoms with Gasteiger partial charge < -0.3 is 5.73 Å². The van der Waals surface area contributed by atoms with Gasteiger partial charge in [0.2, 0.25) is 0 Å². The van der Waals surface area contributed by atoms with Crippen molar-refractivity contribution in [3.05, 3.63) is 59.9 Å². The summed E-state index contributed by atoms with van der Waals surface area (Å²) >= 11 is 0. The zero-order chi connectivity index (χ0) is 14.0. The molecule has 0 bridgehead atoms. The van der Waals surface area contributed by atoms with E-state index in [4.69, 9.17) is 5.73 Å². The van der Waals surface area contributed by atoms with E-state index in [-0.39, 0.29) is 11.4 Å². The number of halogens is 1. The first-order chi connectivity index (χ1) is 9.69. The Morgan fingerprint density at radius 2 is 1.60 bits per heavy atom. The molecule has 0 amide bonds. The van der Waals surface area contributed by atoms with Crippen LogP contribution in [-0.2, 0) is 5.54 Å². The van der Waals surface area contributed by atoms with Crippen LogP contribution in [0.1, 0.15) is 37.7 Å². The minimum Gasteiger partial charge on any atom is -0.321 e. The first-order valence-electron chi connectivity index (χ1n) is 7.33. The van der Waals surface area contributed by atoms with Gasteiger partial charge in [0.1, 0.15) is 5.82 Å². The van der Waals surface area contributed by atoms with Crippen LogP contribution in [0.3, 0.4) is 0 Å². The molecule has 2 N–H and O–H groups in total. The van der Waals surface area contributed by atoms with Crippen LogP contribution in [0.5, 0.6) is 0 Å². The lowest BCUT2D eigenvalue weighted by atomic mass is 9.77. The highest BCUT2D eigenvalue weighted by Gasteiger charge is 2.29. The molecule has 104 valence electrons. The van der Waals surface area contributed by atoms with Crippen molar-refractivity contribution in [2.45, 2.75) is 37.6 Å². The molecule has 1 nitrogen and oxygen atoms in total. The van der Waals surface area contributed by atoms with Gasteiger partial charge in [-0.2, -0.15) is 0 Å².